The number of phenolic OH excluding ortho intramolecular Hbond substituents is 1. The van der Waals surface area contributed by atoms with Gasteiger partial charge in [-0.15, -0.1) is 11.8 Å². The second kappa shape index (κ2) is 7.22. The van der Waals surface area contributed by atoms with Crippen LogP contribution in [0.25, 0.3) is 0 Å². The molecule has 0 saturated carbocycles. The molecule has 2 nitrogen and oxygen atoms in total. The molecule has 100 valence electrons. The van der Waals surface area contributed by atoms with Gasteiger partial charge in [0.05, 0.1) is 0 Å². The number of aromatic hydroxyl groups is 1. The van der Waals surface area contributed by atoms with Crippen LogP contribution in [-0.2, 0) is 0 Å². The zero-order chi connectivity index (χ0) is 13.5. The predicted molar refractivity (Wildman–Crippen MR) is 81.7 cm³/mol. The van der Waals surface area contributed by atoms with Crippen molar-refractivity contribution in [2.75, 3.05) is 12.3 Å². The van der Waals surface area contributed by atoms with Crippen molar-refractivity contribution < 1.29 is 5.11 Å². The first-order valence-corrected chi connectivity index (χ1v) is 7.45. The van der Waals surface area contributed by atoms with E-state index in [0.29, 0.717) is 5.75 Å². The third-order valence-corrected chi connectivity index (χ3v) is 3.98. The Labute approximate surface area is 118 Å². The van der Waals surface area contributed by atoms with Crippen LogP contribution < -0.4 is 5.32 Å². The Bertz CT molecular complexity index is 501. The lowest BCUT2D eigenvalue weighted by Crippen LogP contribution is -2.21. The van der Waals surface area contributed by atoms with E-state index in [9.17, 15) is 5.11 Å². The zero-order valence-corrected chi connectivity index (χ0v) is 11.9. The lowest BCUT2D eigenvalue weighted by atomic mass is 10.1. The van der Waals surface area contributed by atoms with Gasteiger partial charge in [-0.1, -0.05) is 36.4 Å². The molecule has 0 aliphatic heterocycles. The van der Waals surface area contributed by atoms with Gasteiger partial charge in [0.15, 0.2) is 0 Å². The minimum absolute atomic E-state index is 0.164. The van der Waals surface area contributed by atoms with Crippen molar-refractivity contribution in [1.82, 2.24) is 5.32 Å². The number of rotatable bonds is 6. The lowest BCUT2D eigenvalue weighted by Gasteiger charge is -2.15. The first-order valence-electron chi connectivity index (χ1n) is 6.46. The monoisotopic (exact) mass is 273 g/mol. The minimum Gasteiger partial charge on any atom is -0.508 e. The van der Waals surface area contributed by atoms with Gasteiger partial charge in [-0.3, -0.25) is 0 Å². The number of hydrogen-bond acceptors (Lipinski definition) is 3. The van der Waals surface area contributed by atoms with Crippen molar-refractivity contribution in [3.8, 4) is 5.75 Å². The number of thioether (sulfide) groups is 1. The molecule has 0 heterocycles. The lowest BCUT2D eigenvalue weighted by molar-refractivity contribution is 0.455. The van der Waals surface area contributed by atoms with E-state index in [1.807, 2.05) is 36.0 Å². The first-order chi connectivity index (χ1) is 9.27. The van der Waals surface area contributed by atoms with Gasteiger partial charge in [0.1, 0.15) is 5.75 Å². The van der Waals surface area contributed by atoms with Gasteiger partial charge < -0.3 is 10.4 Å². The van der Waals surface area contributed by atoms with Crippen LogP contribution in [0, 0.1) is 0 Å². The smallest absolute Gasteiger partial charge is 0.120 e. The zero-order valence-electron chi connectivity index (χ0n) is 11.0. The van der Waals surface area contributed by atoms with Crippen LogP contribution in [0.2, 0.25) is 0 Å². The molecular weight excluding hydrogens is 254 g/mol. The van der Waals surface area contributed by atoms with Gasteiger partial charge in [-0.25, -0.2) is 0 Å². The molecule has 2 aromatic carbocycles. The highest BCUT2D eigenvalue weighted by atomic mass is 32.2. The molecule has 0 aliphatic rings. The van der Waals surface area contributed by atoms with E-state index in [1.54, 1.807) is 6.07 Å². The molecule has 0 amide bonds. The first kappa shape index (κ1) is 14.0. The average molecular weight is 273 g/mol. The molecule has 0 radical (unpaired) electrons. The molecular formula is C16H19NOS. The molecule has 0 fully saturated rings. The Morgan fingerprint density at radius 2 is 1.74 bits per heavy atom. The third kappa shape index (κ3) is 4.30. The van der Waals surface area contributed by atoms with Gasteiger partial charge in [0.2, 0.25) is 0 Å². The van der Waals surface area contributed by atoms with Crippen LogP contribution in [0.1, 0.15) is 18.5 Å². The van der Waals surface area contributed by atoms with Crippen LogP contribution in [0.15, 0.2) is 59.5 Å². The molecule has 3 heteroatoms. The molecule has 1 unspecified atom stereocenters. The molecule has 0 bridgehead atoms. The number of benzene rings is 2. The molecule has 2 aromatic rings. The number of phenols is 1. The standard InChI is InChI=1S/C16H19NOS/c1-13(15-9-5-6-10-16(15)18)17-11-12-19-14-7-3-2-4-8-14/h2-10,13,17-18H,11-12H2,1H3. The quantitative estimate of drug-likeness (QED) is 0.619. The molecule has 2 N–H and O–H groups in total. The molecule has 0 aliphatic carbocycles. The van der Waals surface area contributed by atoms with Crippen LogP contribution >= 0.6 is 11.8 Å². The summed E-state index contributed by atoms with van der Waals surface area (Å²) in [6, 6.07) is 18.0. The second-order valence-corrected chi connectivity index (χ2v) is 5.56. The highest BCUT2D eigenvalue weighted by molar-refractivity contribution is 7.99. The Kier molecular flexibility index (Phi) is 5.31. The number of para-hydroxylation sites is 1. The summed E-state index contributed by atoms with van der Waals surface area (Å²) in [4.78, 5) is 1.29. The average Bonchev–Trinajstić information content (AvgIpc) is 2.45. The normalized spacial score (nSPS) is 12.3. The van der Waals surface area contributed by atoms with Crippen molar-refractivity contribution in [3.05, 3.63) is 60.2 Å². The van der Waals surface area contributed by atoms with Crippen LogP contribution in [-0.4, -0.2) is 17.4 Å². The highest BCUT2D eigenvalue weighted by Gasteiger charge is 2.08. The predicted octanol–water partition coefficient (Wildman–Crippen LogP) is 3.84. The summed E-state index contributed by atoms with van der Waals surface area (Å²) in [6.45, 7) is 2.98. The summed E-state index contributed by atoms with van der Waals surface area (Å²) in [5.41, 5.74) is 0.951. The topological polar surface area (TPSA) is 32.3 Å². The Hall–Kier alpha value is -1.45. The van der Waals surface area contributed by atoms with E-state index in [0.717, 1.165) is 17.9 Å². The summed E-state index contributed by atoms with van der Waals surface area (Å²) in [7, 11) is 0. The van der Waals surface area contributed by atoms with E-state index in [-0.39, 0.29) is 6.04 Å². The highest BCUT2D eigenvalue weighted by Crippen LogP contribution is 2.23. The fraction of sp³-hybridized carbons (Fsp3) is 0.250. The second-order valence-electron chi connectivity index (χ2n) is 4.40. The Balaban J connectivity index is 1.76. The van der Waals surface area contributed by atoms with Crippen LogP contribution in [0.5, 0.6) is 5.75 Å². The fourth-order valence-electron chi connectivity index (χ4n) is 1.92. The third-order valence-electron chi connectivity index (χ3n) is 2.97. The molecule has 2 rings (SSSR count). The Morgan fingerprint density at radius 3 is 2.47 bits per heavy atom. The van der Waals surface area contributed by atoms with Crippen LogP contribution in [0.3, 0.4) is 0 Å². The molecule has 1 atom stereocenters. The summed E-state index contributed by atoms with van der Waals surface area (Å²) < 4.78 is 0. The minimum atomic E-state index is 0.164. The SMILES string of the molecule is CC(NCCSc1ccccc1)c1ccccc1O. The van der Waals surface area contributed by atoms with Crippen molar-refractivity contribution >= 4 is 11.8 Å². The molecule has 0 saturated heterocycles. The van der Waals surface area contributed by atoms with Gasteiger partial charge in [-0.05, 0) is 25.1 Å². The molecule has 0 spiro atoms. The van der Waals surface area contributed by atoms with E-state index >= 15 is 0 Å². The van der Waals surface area contributed by atoms with Gasteiger partial charge in [0, 0.05) is 28.8 Å². The maximum Gasteiger partial charge on any atom is 0.120 e. The van der Waals surface area contributed by atoms with E-state index in [4.69, 9.17) is 0 Å². The van der Waals surface area contributed by atoms with Gasteiger partial charge in [-0.2, -0.15) is 0 Å². The van der Waals surface area contributed by atoms with Crippen molar-refractivity contribution in [2.45, 2.75) is 17.9 Å². The van der Waals surface area contributed by atoms with Crippen molar-refractivity contribution in [2.24, 2.45) is 0 Å². The summed E-state index contributed by atoms with van der Waals surface area (Å²) >= 11 is 1.84. The largest absolute Gasteiger partial charge is 0.508 e. The molecule has 0 aromatic heterocycles. The summed E-state index contributed by atoms with van der Waals surface area (Å²) in [5.74, 6) is 1.38. The van der Waals surface area contributed by atoms with E-state index in [2.05, 4.69) is 36.5 Å². The maximum atomic E-state index is 9.77. The van der Waals surface area contributed by atoms with Gasteiger partial charge >= 0.3 is 0 Å². The number of nitrogens with one attached hydrogen (secondary N) is 1. The fourth-order valence-corrected chi connectivity index (χ4v) is 2.73. The maximum absolute atomic E-state index is 9.77. The van der Waals surface area contributed by atoms with E-state index < -0.39 is 0 Å². The Morgan fingerprint density at radius 1 is 1.05 bits per heavy atom. The van der Waals surface area contributed by atoms with Crippen molar-refractivity contribution in [1.29, 1.82) is 0 Å². The van der Waals surface area contributed by atoms with Crippen molar-refractivity contribution in [3.63, 3.8) is 0 Å². The molecule has 19 heavy (non-hydrogen) atoms. The van der Waals surface area contributed by atoms with Gasteiger partial charge in [0.25, 0.3) is 0 Å². The summed E-state index contributed by atoms with van der Waals surface area (Å²) in [5, 5.41) is 13.2. The van der Waals surface area contributed by atoms with Crippen LogP contribution in [0.4, 0.5) is 0 Å². The number of hydrogen-bond donors (Lipinski definition) is 2. The van der Waals surface area contributed by atoms with E-state index in [1.165, 1.54) is 4.90 Å². The summed E-state index contributed by atoms with van der Waals surface area (Å²) in [6.07, 6.45) is 0.